The number of benzene rings is 1. The molecule has 0 saturated carbocycles. The highest BCUT2D eigenvalue weighted by Gasteiger charge is 2.30. The van der Waals surface area contributed by atoms with Gasteiger partial charge in [0.15, 0.2) is 11.5 Å². The summed E-state index contributed by atoms with van der Waals surface area (Å²) in [5, 5.41) is 2.79. The fourth-order valence-electron chi connectivity index (χ4n) is 2.79. The van der Waals surface area contributed by atoms with E-state index in [1.54, 1.807) is 18.1 Å². The first kappa shape index (κ1) is 18.8. The molecule has 1 fully saturated rings. The van der Waals surface area contributed by atoms with Crippen molar-refractivity contribution in [2.75, 3.05) is 20.2 Å². The number of carbonyl (C=O) groups excluding carboxylic acids is 2. The predicted molar refractivity (Wildman–Crippen MR) is 96.6 cm³/mol. The lowest BCUT2D eigenvalue weighted by Crippen LogP contribution is -2.56. The van der Waals surface area contributed by atoms with Gasteiger partial charge in [-0.15, -0.1) is 0 Å². The van der Waals surface area contributed by atoms with Crippen LogP contribution in [0.5, 0.6) is 11.5 Å². The molecule has 1 aromatic carbocycles. The summed E-state index contributed by atoms with van der Waals surface area (Å²) in [4.78, 5) is 25.9. The summed E-state index contributed by atoms with van der Waals surface area (Å²) in [6, 6.07) is 5.11. The third-order valence-electron chi connectivity index (χ3n) is 3.97. The molecule has 2 rings (SSSR count). The van der Waals surface area contributed by atoms with Gasteiger partial charge < -0.3 is 19.7 Å². The molecule has 0 aromatic heterocycles. The molecule has 1 heterocycles. The molecule has 25 heavy (non-hydrogen) atoms. The van der Waals surface area contributed by atoms with Crippen LogP contribution < -0.4 is 14.8 Å². The summed E-state index contributed by atoms with van der Waals surface area (Å²) in [6.07, 6.45) is 3.87. The van der Waals surface area contributed by atoms with Crippen LogP contribution in [0, 0.1) is 0 Å². The van der Waals surface area contributed by atoms with Gasteiger partial charge in [-0.2, -0.15) is 0 Å². The summed E-state index contributed by atoms with van der Waals surface area (Å²) >= 11 is 0. The topological polar surface area (TPSA) is 67.9 Å². The van der Waals surface area contributed by atoms with Crippen LogP contribution in [-0.4, -0.2) is 49.1 Å². The minimum Gasteiger partial charge on any atom is -0.493 e. The first-order valence-corrected chi connectivity index (χ1v) is 8.57. The molecular formula is C19H26N2O4. The van der Waals surface area contributed by atoms with Crippen LogP contribution in [0.1, 0.15) is 32.8 Å². The molecule has 0 aliphatic carbocycles. The summed E-state index contributed by atoms with van der Waals surface area (Å²) < 4.78 is 11.0. The molecule has 1 unspecified atom stereocenters. The Kier molecular flexibility index (Phi) is 6.44. The van der Waals surface area contributed by atoms with Gasteiger partial charge in [0.1, 0.15) is 6.04 Å². The van der Waals surface area contributed by atoms with Gasteiger partial charge in [0.2, 0.25) is 11.8 Å². The minimum absolute atomic E-state index is 0.0492. The monoisotopic (exact) mass is 346 g/mol. The summed E-state index contributed by atoms with van der Waals surface area (Å²) in [5.74, 6) is 1.03. The van der Waals surface area contributed by atoms with Crippen LogP contribution in [0.15, 0.2) is 24.3 Å². The molecule has 1 aliphatic heterocycles. The lowest BCUT2D eigenvalue weighted by atomic mass is 10.1. The molecule has 0 radical (unpaired) electrons. The maximum absolute atomic E-state index is 12.5. The normalized spacial score (nSPS) is 17.7. The fraction of sp³-hybridized carbons (Fsp3) is 0.474. The van der Waals surface area contributed by atoms with Gasteiger partial charge >= 0.3 is 0 Å². The molecule has 1 N–H and O–H groups in total. The zero-order valence-corrected chi connectivity index (χ0v) is 15.2. The maximum Gasteiger partial charge on any atom is 0.247 e. The second-order valence-electron chi connectivity index (χ2n) is 6.16. The molecule has 2 amide bonds. The molecule has 1 saturated heterocycles. The number of methoxy groups -OCH3 is 1. The number of nitrogens with zero attached hydrogens (tertiary/aromatic N) is 1. The van der Waals surface area contributed by atoms with E-state index in [9.17, 15) is 9.59 Å². The quantitative estimate of drug-likeness (QED) is 0.802. The van der Waals surface area contributed by atoms with Gasteiger partial charge in [-0.05, 0) is 44.0 Å². The van der Waals surface area contributed by atoms with Gasteiger partial charge in [0.25, 0.3) is 0 Å². The number of carbonyl (C=O) groups is 2. The number of rotatable bonds is 6. The molecule has 6 heteroatoms. The third kappa shape index (κ3) is 4.75. The summed E-state index contributed by atoms with van der Waals surface area (Å²) in [5.41, 5.74) is 0.829. The molecule has 0 bridgehead atoms. The fourth-order valence-corrected chi connectivity index (χ4v) is 2.79. The molecule has 1 aromatic rings. The molecule has 1 atom stereocenters. The van der Waals surface area contributed by atoms with Gasteiger partial charge in [-0.3, -0.25) is 9.59 Å². The van der Waals surface area contributed by atoms with Crippen molar-refractivity contribution in [2.45, 2.75) is 39.3 Å². The van der Waals surface area contributed by atoms with Gasteiger partial charge in [-0.1, -0.05) is 13.0 Å². The molecule has 1 aliphatic rings. The highest BCUT2D eigenvalue weighted by Crippen LogP contribution is 2.29. The third-order valence-corrected chi connectivity index (χ3v) is 3.97. The van der Waals surface area contributed by atoms with E-state index in [4.69, 9.17) is 9.47 Å². The SMILES string of the molecule is CCC1C(=O)NCCN1C(=O)C=Cc1ccc(OC(C)C)c(OC)c1. The van der Waals surface area contributed by atoms with Crippen LogP contribution in [0.4, 0.5) is 0 Å². The number of hydrogen-bond acceptors (Lipinski definition) is 4. The number of nitrogens with one attached hydrogen (secondary N) is 1. The number of amides is 2. The van der Waals surface area contributed by atoms with Crippen LogP contribution in [-0.2, 0) is 9.59 Å². The van der Waals surface area contributed by atoms with Crippen molar-refractivity contribution in [1.82, 2.24) is 10.2 Å². The van der Waals surface area contributed by atoms with Crippen LogP contribution in [0.2, 0.25) is 0 Å². The lowest BCUT2D eigenvalue weighted by Gasteiger charge is -2.33. The number of hydrogen-bond donors (Lipinski definition) is 1. The molecule has 0 spiro atoms. The predicted octanol–water partition coefficient (Wildman–Crippen LogP) is 2.23. The Morgan fingerprint density at radius 2 is 2.16 bits per heavy atom. The van der Waals surface area contributed by atoms with E-state index in [0.29, 0.717) is 31.0 Å². The van der Waals surface area contributed by atoms with E-state index in [1.807, 2.05) is 39.0 Å². The zero-order chi connectivity index (χ0) is 18.4. The lowest BCUT2D eigenvalue weighted by molar-refractivity contribution is -0.140. The first-order chi connectivity index (χ1) is 12.0. The van der Waals surface area contributed by atoms with Crippen LogP contribution >= 0.6 is 0 Å². The van der Waals surface area contributed by atoms with E-state index in [0.717, 1.165) is 5.56 Å². The summed E-state index contributed by atoms with van der Waals surface area (Å²) in [7, 11) is 1.58. The van der Waals surface area contributed by atoms with Gasteiger partial charge in [-0.25, -0.2) is 0 Å². The average Bonchev–Trinajstić information content (AvgIpc) is 2.59. The van der Waals surface area contributed by atoms with Crippen molar-refractivity contribution < 1.29 is 19.1 Å². The highest BCUT2D eigenvalue weighted by molar-refractivity contribution is 5.96. The maximum atomic E-state index is 12.5. The van der Waals surface area contributed by atoms with Crippen LogP contribution in [0.25, 0.3) is 6.08 Å². The Balaban J connectivity index is 2.12. The smallest absolute Gasteiger partial charge is 0.247 e. The zero-order valence-electron chi connectivity index (χ0n) is 15.2. The number of piperazine rings is 1. The van der Waals surface area contributed by atoms with Crippen molar-refractivity contribution in [2.24, 2.45) is 0 Å². The molecular weight excluding hydrogens is 320 g/mol. The van der Waals surface area contributed by atoms with Crippen molar-refractivity contribution in [3.63, 3.8) is 0 Å². The van der Waals surface area contributed by atoms with Gasteiger partial charge in [0, 0.05) is 19.2 Å². The van der Waals surface area contributed by atoms with Crippen molar-refractivity contribution in [3.8, 4) is 11.5 Å². The largest absolute Gasteiger partial charge is 0.493 e. The minimum atomic E-state index is -0.401. The summed E-state index contributed by atoms with van der Waals surface area (Å²) in [6.45, 7) is 6.81. The van der Waals surface area contributed by atoms with E-state index >= 15 is 0 Å². The van der Waals surface area contributed by atoms with E-state index in [2.05, 4.69) is 5.32 Å². The standard InChI is InChI=1S/C19H26N2O4/c1-5-15-19(23)20-10-11-21(15)18(22)9-7-14-6-8-16(25-13(2)3)17(12-14)24-4/h6-9,12-13,15H,5,10-11H2,1-4H3,(H,20,23). The van der Waals surface area contributed by atoms with Crippen LogP contribution in [0.3, 0.4) is 0 Å². The Morgan fingerprint density at radius 3 is 2.80 bits per heavy atom. The molecule has 6 nitrogen and oxygen atoms in total. The first-order valence-electron chi connectivity index (χ1n) is 8.57. The van der Waals surface area contributed by atoms with Crippen molar-refractivity contribution >= 4 is 17.9 Å². The van der Waals surface area contributed by atoms with E-state index < -0.39 is 6.04 Å². The molecule has 136 valence electrons. The Labute approximate surface area is 148 Å². The van der Waals surface area contributed by atoms with E-state index in [1.165, 1.54) is 6.08 Å². The van der Waals surface area contributed by atoms with E-state index in [-0.39, 0.29) is 17.9 Å². The average molecular weight is 346 g/mol. The highest BCUT2D eigenvalue weighted by atomic mass is 16.5. The Hall–Kier alpha value is -2.50. The second kappa shape index (κ2) is 8.55. The Bertz CT molecular complexity index is 655. The Morgan fingerprint density at radius 1 is 1.40 bits per heavy atom. The second-order valence-corrected chi connectivity index (χ2v) is 6.16. The van der Waals surface area contributed by atoms with Crippen molar-refractivity contribution in [3.05, 3.63) is 29.8 Å². The van der Waals surface area contributed by atoms with Crippen molar-refractivity contribution in [1.29, 1.82) is 0 Å². The number of ether oxygens (including phenoxy) is 2. The van der Waals surface area contributed by atoms with Gasteiger partial charge in [0.05, 0.1) is 13.2 Å².